The summed E-state index contributed by atoms with van der Waals surface area (Å²) >= 11 is 0. The Morgan fingerprint density at radius 1 is 0.295 bits per heavy atom. The first kappa shape index (κ1) is 47.3. The summed E-state index contributed by atoms with van der Waals surface area (Å²) in [6.07, 6.45) is 0. The zero-order chi connectivity index (χ0) is 53.2. The molecule has 0 atom stereocenters. The van der Waals surface area contributed by atoms with Crippen molar-refractivity contribution in [2.24, 2.45) is 0 Å². The highest BCUT2D eigenvalue weighted by Crippen LogP contribution is 2.53. The standard InChI is InChI=1S/C74H60N2O2/c1-45-41-57-53-27-19-31-65(71(53)77-69(57)59(43-45)73(3,4)5)75(61-29-17-15-25-51(61)47-21-11-9-12-22-47)63-39-35-49-34-38-56-64(40-36-50-33-37-55(63)67(49)68(50)56)76(62-30-18-16-26-52(62)48-23-13-10-14-24-48)66-32-20-28-54-58-42-46(2)44-60(74(6,7)8)70(58)78-72(54)66/h9-44H,1-8H3. The van der Waals surface area contributed by atoms with Crippen LogP contribution in [0, 0.1) is 13.8 Å². The topological polar surface area (TPSA) is 32.8 Å². The SMILES string of the molecule is Cc1cc(C(C)(C)C)c2oc3c(N(c4ccccc4-c4ccccc4)c4ccc5ccc6c(N(c7ccccc7-c7ccccc7)c7cccc8c7oc7c(C(C)(C)C)cc(C)cc78)ccc7ccc4c5c76)cccc3c2c1. The van der Waals surface area contributed by atoms with Gasteiger partial charge in [0, 0.05) is 54.6 Å². The molecule has 14 rings (SSSR count). The van der Waals surface area contributed by atoms with E-state index in [1.165, 1.54) is 43.8 Å². The summed E-state index contributed by atoms with van der Waals surface area (Å²) in [5.74, 6) is 0. The van der Waals surface area contributed by atoms with E-state index < -0.39 is 0 Å². The maximum atomic E-state index is 7.28. The van der Waals surface area contributed by atoms with Gasteiger partial charge in [-0.2, -0.15) is 0 Å². The van der Waals surface area contributed by atoms with Gasteiger partial charge in [-0.15, -0.1) is 0 Å². The first-order chi connectivity index (χ1) is 37.8. The lowest BCUT2D eigenvalue weighted by molar-refractivity contribution is 0.572. The molecule has 2 aromatic heterocycles. The maximum Gasteiger partial charge on any atom is 0.159 e. The van der Waals surface area contributed by atoms with Crippen molar-refractivity contribution in [3.63, 3.8) is 0 Å². The average molecular weight is 1010 g/mol. The number of furan rings is 2. The Morgan fingerprint density at radius 2 is 0.667 bits per heavy atom. The van der Waals surface area contributed by atoms with E-state index >= 15 is 0 Å². The summed E-state index contributed by atoms with van der Waals surface area (Å²) in [6, 6.07) is 80.2. The van der Waals surface area contributed by atoms with Crippen LogP contribution in [0.4, 0.5) is 34.1 Å². The summed E-state index contributed by atoms with van der Waals surface area (Å²) in [4.78, 5) is 4.92. The van der Waals surface area contributed by atoms with Crippen molar-refractivity contribution in [3.05, 3.63) is 241 Å². The number of aryl methyl sites for hydroxylation is 2. The minimum atomic E-state index is -0.129. The number of benzene rings is 12. The third-order valence-corrected chi connectivity index (χ3v) is 16.1. The van der Waals surface area contributed by atoms with Gasteiger partial charge < -0.3 is 18.6 Å². The third kappa shape index (κ3) is 7.49. The maximum absolute atomic E-state index is 7.28. The second-order valence-corrected chi connectivity index (χ2v) is 23.4. The van der Waals surface area contributed by atoms with Crippen molar-refractivity contribution in [2.75, 3.05) is 9.80 Å². The molecule has 0 amide bonds. The van der Waals surface area contributed by atoms with Gasteiger partial charge in [-0.25, -0.2) is 0 Å². The summed E-state index contributed by atoms with van der Waals surface area (Å²) < 4.78 is 14.6. The zero-order valence-electron chi connectivity index (χ0n) is 45.5. The normalized spacial score (nSPS) is 12.4. The molecule has 12 aromatic carbocycles. The molecule has 378 valence electrons. The molecule has 0 unspecified atom stereocenters. The predicted molar refractivity (Wildman–Crippen MR) is 332 cm³/mol. The number of fused-ring (bicyclic) bond motifs is 6. The summed E-state index contributed by atoms with van der Waals surface area (Å²) in [6.45, 7) is 18.0. The minimum Gasteiger partial charge on any atom is -0.454 e. The fourth-order valence-corrected chi connectivity index (χ4v) is 12.5. The number of nitrogens with zero attached hydrogens (tertiary/aromatic N) is 2. The molecular formula is C74H60N2O2. The second kappa shape index (κ2) is 17.7. The van der Waals surface area contributed by atoms with E-state index in [1.807, 2.05) is 0 Å². The molecule has 0 saturated heterocycles. The summed E-state index contributed by atoms with van der Waals surface area (Å²) in [5.41, 5.74) is 18.9. The fourth-order valence-electron chi connectivity index (χ4n) is 12.5. The van der Waals surface area contributed by atoms with Crippen LogP contribution in [0.25, 0.3) is 98.4 Å². The van der Waals surface area contributed by atoms with Crippen molar-refractivity contribution in [1.29, 1.82) is 0 Å². The summed E-state index contributed by atoms with van der Waals surface area (Å²) in [7, 11) is 0. The van der Waals surface area contributed by atoms with Crippen molar-refractivity contribution < 1.29 is 8.83 Å². The number of para-hydroxylation sites is 4. The number of hydrogen-bond donors (Lipinski definition) is 0. The highest BCUT2D eigenvalue weighted by atomic mass is 16.3. The first-order valence-corrected chi connectivity index (χ1v) is 27.3. The lowest BCUT2D eigenvalue weighted by Crippen LogP contribution is -2.13. The average Bonchev–Trinajstić information content (AvgIpc) is 4.16. The van der Waals surface area contributed by atoms with E-state index in [0.29, 0.717) is 0 Å². The van der Waals surface area contributed by atoms with Crippen molar-refractivity contribution >= 4 is 110 Å². The van der Waals surface area contributed by atoms with Gasteiger partial charge in [0.15, 0.2) is 11.2 Å². The van der Waals surface area contributed by atoms with Crippen LogP contribution in [0.5, 0.6) is 0 Å². The zero-order valence-corrected chi connectivity index (χ0v) is 45.5. The Morgan fingerprint density at radius 3 is 1.08 bits per heavy atom. The second-order valence-electron chi connectivity index (χ2n) is 23.4. The van der Waals surface area contributed by atoms with Crippen LogP contribution >= 0.6 is 0 Å². The molecule has 0 N–H and O–H groups in total. The monoisotopic (exact) mass is 1010 g/mol. The molecule has 0 saturated carbocycles. The number of anilines is 6. The Labute approximate surface area is 455 Å². The molecule has 0 aliphatic carbocycles. The number of rotatable bonds is 8. The highest BCUT2D eigenvalue weighted by molar-refractivity contribution is 6.29. The van der Waals surface area contributed by atoms with E-state index in [2.05, 4.69) is 284 Å². The number of hydrogen-bond acceptors (Lipinski definition) is 4. The highest BCUT2D eigenvalue weighted by Gasteiger charge is 2.30. The molecule has 78 heavy (non-hydrogen) atoms. The van der Waals surface area contributed by atoms with E-state index in [1.54, 1.807) is 0 Å². The van der Waals surface area contributed by atoms with Crippen LogP contribution < -0.4 is 9.80 Å². The smallest absolute Gasteiger partial charge is 0.159 e. The van der Waals surface area contributed by atoms with Crippen molar-refractivity contribution in [1.82, 2.24) is 0 Å². The van der Waals surface area contributed by atoms with E-state index in [9.17, 15) is 0 Å². The minimum absolute atomic E-state index is 0.129. The van der Waals surface area contributed by atoms with Crippen molar-refractivity contribution in [3.8, 4) is 22.3 Å². The molecule has 0 aliphatic rings. The molecule has 0 spiro atoms. The molecule has 0 radical (unpaired) electrons. The van der Waals surface area contributed by atoms with E-state index in [0.717, 1.165) is 111 Å². The van der Waals surface area contributed by atoms with Gasteiger partial charge in [0.05, 0.1) is 34.1 Å². The molecule has 0 fully saturated rings. The molecule has 4 heteroatoms. The predicted octanol–water partition coefficient (Wildman–Crippen LogP) is 21.9. The van der Waals surface area contributed by atoms with E-state index in [-0.39, 0.29) is 10.8 Å². The van der Waals surface area contributed by atoms with Gasteiger partial charge in [-0.05, 0) is 117 Å². The van der Waals surface area contributed by atoms with Crippen LogP contribution in [-0.4, -0.2) is 0 Å². The van der Waals surface area contributed by atoms with Crippen LogP contribution in [0.2, 0.25) is 0 Å². The lowest BCUT2D eigenvalue weighted by Gasteiger charge is -2.31. The van der Waals surface area contributed by atoms with E-state index in [4.69, 9.17) is 8.83 Å². The Bertz CT molecular complexity index is 4360. The van der Waals surface area contributed by atoms with Crippen LogP contribution in [0.1, 0.15) is 63.8 Å². The Kier molecular flexibility index (Phi) is 10.8. The molecule has 0 aliphatic heterocycles. The summed E-state index contributed by atoms with van der Waals surface area (Å²) in [5, 5.41) is 11.5. The van der Waals surface area contributed by atoms with Gasteiger partial charge in [-0.3, -0.25) is 0 Å². The third-order valence-electron chi connectivity index (χ3n) is 16.1. The van der Waals surface area contributed by atoms with Gasteiger partial charge in [0.25, 0.3) is 0 Å². The largest absolute Gasteiger partial charge is 0.454 e. The molecule has 4 nitrogen and oxygen atoms in total. The first-order valence-electron chi connectivity index (χ1n) is 27.3. The molecular weight excluding hydrogens is 949 g/mol. The lowest BCUT2D eigenvalue weighted by atomic mass is 9.85. The van der Waals surface area contributed by atoms with Crippen LogP contribution in [-0.2, 0) is 10.8 Å². The van der Waals surface area contributed by atoms with Crippen LogP contribution in [0.3, 0.4) is 0 Å². The van der Waals surface area contributed by atoms with Crippen molar-refractivity contribution in [2.45, 2.75) is 66.2 Å². The Hall–Kier alpha value is -9.12. The quantitative estimate of drug-likeness (QED) is 0.142. The van der Waals surface area contributed by atoms with Gasteiger partial charge in [-0.1, -0.05) is 211 Å². The Balaban J connectivity index is 1.06. The molecule has 0 bridgehead atoms. The molecule has 2 heterocycles. The van der Waals surface area contributed by atoms with Gasteiger partial charge in [0.2, 0.25) is 0 Å². The van der Waals surface area contributed by atoms with Gasteiger partial charge in [0.1, 0.15) is 11.2 Å². The van der Waals surface area contributed by atoms with Gasteiger partial charge >= 0.3 is 0 Å². The molecule has 14 aromatic rings. The fraction of sp³-hybridized carbons (Fsp3) is 0.135. The van der Waals surface area contributed by atoms with Crippen LogP contribution in [0.15, 0.2) is 227 Å².